The van der Waals surface area contributed by atoms with Crippen molar-refractivity contribution in [3.8, 4) is 23.8 Å². The molecule has 1 aromatic rings. The summed E-state index contributed by atoms with van der Waals surface area (Å²) >= 11 is 0. The Balaban J connectivity index is 2.80. The lowest BCUT2D eigenvalue weighted by molar-refractivity contribution is -0.120. The lowest BCUT2D eigenvalue weighted by Gasteiger charge is -2.10. The molecule has 0 radical (unpaired) electrons. The van der Waals surface area contributed by atoms with Gasteiger partial charge in [0.15, 0.2) is 0 Å². The van der Waals surface area contributed by atoms with Crippen molar-refractivity contribution in [3.63, 3.8) is 0 Å². The van der Waals surface area contributed by atoms with Crippen LogP contribution in [-0.4, -0.2) is 26.7 Å². The summed E-state index contributed by atoms with van der Waals surface area (Å²) in [5.41, 5.74) is 0.765. The molecule has 0 atom stereocenters. The molecular weight excluding hydrogens is 218 g/mol. The van der Waals surface area contributed by atoms with E-state index in [2.05, 4.69) is 11.2 Å². The van der Waals surface area contributed by atoms with E-state index in [-0.39, 0.29) is 18.9 Å². The molecule has 0 fully saturated rings. The third kappa shape index (κ3) is 3.72. The Hall–Kier alpha value is -2.15. The van der Waals surface area contributed by atoms with Crippen LogP contribution in [0.15, 0.2) is 18.2 Å². The number of rotatable bonds is 5. The molecular formula is C13H15NO3. The molecule has 1 N–H and O–H groups in total. The van der Waals surface area contributed by atoms with E-state index in [9.17, 15) is 4.79 Å². The average Bonchev–Trinajstić information content (AvgIpc) is 2.36. The van der Waals surface area contributed by atoms with E-state index >= 15 is 0 Å². The van der Waals surface area contributed by atoms with Crippen LogP contribution < -0.4 is 14.8 Å². The quantitative estimate of drug-likeness (QED) is 0.772. The van der Waals surface area contributed by atoms with E-state index in [0.717, 1.165) is 5.56 Å². The number of carbonyl (C=O) groups excluding carboxylic acids is 1. The molecule has 4 heteroatoms. The van der Waals surface area contributed by atoms with E-state index in [1.54, 1.807) is 32.4 Å². The second-order valence-electron chi connectivity index (χ2n) is 3.34. The topological polar surface area (TPSA) is 47.6 Å². The summed E-state index contributed by atoms with van der Waals surface area (Å²) in [4.78, 5) is 11.5. The fourth-order valence-electron chi connectivity index (χ4n) is 1.41. The van der Waals surface area contributed by atoms with Gasteiger partial charge in [0, 0.05) is 5.56 Å². The van der Waals surface area contributed by atoms with Crippen LogP contribution >= 0.6 is 0 Å². The average molecular weight is 233 g/mol. The van der Waals surface area contributed by atoms with Crippen LogP contribution in [0.2, 0.25) is 0 Å². The zero-order valence-corrected chi connectivity index (χ0v) is 9.95. The van der Waals surface area contributed by atoms with Crippen molar-refractivity contribution < 1.29 is 14.3 Å². The molecule has 0 aliphatic rings. The van der Waals surface area contributed by atoms with Crippen LogP contribution in [0, 0.1) is 12.3 Å². The van der Waals surface area contributed by atoms with Crippen molar-refractivity contribution in [2.45, 2.75) is 6.42 Å². The zero-order chi connectivity index (χ0) is 12.7. The predicted octanol–water partition coefficient (Wildman–Crippen LogP) is 0.996. The van der Waals surface area contributed by atoms with Gasteiger partial charge >= 0.3 is 0 Å². The van der Waals surface area contributed by atoms with Gasteiger partial charge in [-0.05, 0) is 18.2 Å². The minimum atomic E-state index is -0.144. The van der Waals surface area contributed by atoms with Gasteiger partial charge in [0.2, 0.25) is 5.91 Å². The van der Waals surface area contributed by atoms with Crippen LogP contribution in [0.3, 0.4) is 0 Å². The number of hydrogen-bond donors (Lipinski definition) is 1. The Kier molecular flexibility index (Phi) is 4.89. The highest BCUT2D eigenvalue weighted by Gasteiger charge is 2.09. The number of ether oxygens (including phenoxy) is 2. The monoisotopic (exact) mass is 233 g/mol. The third-order valence-electron chi connectivity index (χ3n) is 2.23. The molecule has 0 heterocycles. The molecule has 0 saturated carbocycles. The minimum absolute atomic E-state index is 0.144. The van der Waals surface area contributed by atoms with Crippen LogP contribution in [0.25, 0.3) is 0 Å². The van der Waals surface area contributed by atoms with E-state index in [4.69, 9.17) is 15.9 Å². The van der Waals surface area contributed by atoms with Crippen LogP contribution in [0.4, 0.5) is 0 Å². The second-order valence-corrected chi connectivity index (χ2v) is 3.34. The Labute approximate surface area is 101 Å². The normalized spacial score (nSPS) is 9.24. The van der Waals surface area contributed by atoms with Gasteiger partial charge in [-0.25, -0.2) is 0 Å². The van der Waals surface area contributed by atoms with Crippen molar-refractivity contribution in [2.75, 3.05) is 20.8 Å². The molecule has 0 aromatic heterocycles. The number of methoxy groups -OCH3 is 2. The van der Waals surface area contributed by atoms with Gasteiger partial charge in [-0.3, -0.25) is 4.79 Å². The Morgan fingerprint density at radius 3 is 2.76 bits per heavy atom. The lowest BCUT2D eigenvalue weighted by atomic mass is 10.1. The maximum absolute atomic E-state index is 11.5. The number of carbonyl (C=O) groups is 1. The van der Waals surface area contributed by atoms with E-state index in [0.29, 0.717) is 11.5 Å². The van der Waals surface area contributed by atoms with Crippen molar-refractivity contribution in [1.29, 1.82) is 0 Å². The van der Waals surface area contributed by atoms with Crippen molar-refractivity contribution in [2.24, 2.45) is 0 Å². The molecule has 1 aromatic carbocycles. The minimum Gasteiger partial charge on any atom is -0.497 e. The summed E-state index contributed by atoms with van der Waals surface area (Å²) in [7, 11) is 3.13. The van der Waals surface area contributed by atoms with Gasteiger partial charge in [-0.1, -0.05) is 5.92 Å². The van der Waals surface area contributed by atoms with Crippen molar-refractivity contribution in [3.05, 3.63) is 23.8 Å². The fourth-order valence-corrected chi connectivity index (χ4v) is 1.41. The fraction of sp³-hybridized carbons (Fsp3) is 0.308. The first-order valence-corrected chi connectivity index (χ1v) is 5.12. The van der Waals surface area contributed by atoms with Gasteiger partial charge in [0.25, 0.3) is 0 Å². The van der Waals surface area contributed by atoms with Crippen LogP contribution in [0.1, 0.15) is 5.56 Å². The molecule has 90 valence electrons. The first kappa shape index (κ1) is 12.9. The number of hydrogen-bond acceptors (Lipinski definition) is 3. The molecule has 0 bridgehead atoms. The highest BCUT2D eigenvalue weighted by Crippen LogP contribution is 2.24. The molecule has 1 amide bonds. The number of amides is 1. The summed E-state index contributed by atoms with van der Waals surface area (Å²) in [5, 5.41) is 2.60. The Morgan fingerprint density at radius 2 is 2.18 bits per heavy atom. The highest BCUT2D eigenvalue weighted by atomic mass is 16.5. The van der Waals surface area contributed by atoms with Crippen molar-refractivity contribution in [1.82, 2.24) is 5.32 Å². The van der Waals surface area contributed by atoms with Crippen molar-refractivity contribution >= 4 is 5.91 Å². The number of nitrogens with one attached hydrogen (secondary N) is 1. The molecule has 4 nitrogen and oxygen atoms in total. The largest absolute Gasteiger partial charge is 0.497 e. The molecule has 0 saturated heterocycles. The number of terminal acetylenes is 1. The van der Waals surface area contributed by atoms with Gasteiger partial charge in [0.1, 0.15) is 11.5 Å². The second kappa shape index (κ2) is 6.44. The first-order chi connectivity index (χ1) is 8.21. The lowest BCUT2D eigenvalue weighted by Crippen LogP contribution is -2.25. The smallest absolute Gasteiger partial charge is 0.225 e. The van der Waals surface area contributed by atoms with Gasteiger partial charge in [-0.2, -0.15) is 0 Å². The van der Waals surface area contributed by atoms with Gasteiger partial charge in [-0.15, -0.1) is 6.42 Å². The van der Waals surface area contributed by atoms with Gasteiger partial charge in [0.05, 0.1) is 27.2 Å². The van der Waals surface area contributed by atoms with Gasteiger partial charge < -0.3 is 14.8 Å². The highest BCUT2D eigenvalue weighted by molar-refractivity contribution is 5.79. The first-order valence-electron chi connectivity index (χ1n) is 5.12. The summed E-state index contributed by atoms with van der Waals surface area (Å²) in [6, 6.07) is 5.32. The summed E-state index contributed by atoms with van der Waals surface area (Å²) < 4.78 is 10.3. The third-order valence-corrected chi connectivity index (χ3v) is 2.23. The maximum atomic E-state index is 11.5. The van der Waals surface area contributed by atoms with E-state index in [1.807, 2.05) is 0 Å². The number of benzene rings is 1. The summed E-state index contributed by atoms with van der Waals surface area (Å²) in [5.74, 6) is 3.54. The molecule has 0 aliphatic heterocycles. The SMILES string of the molecule is C#CCNC(=O)Cc1cc(OC)ccc1OC. The molecule has 0 unspecified atom stereocenters. The zero-order valence-electron chi connectivity index (χ0n) is 9.95. The molecule has 0 aliphatic carbocycles. The molecule has 17 heavy (non-hydrogen) atoms. The molecule has 1 rings (SSSR count). The summed E-state index contributed by atoms with van der Waals surface area (Å²) in [6.45, 7) is 0.227. The summed E-state index contributed by atoms with van der Waals surface area (Å²) in [6.07, 6.45) is 5.27. The Morgan fingerprint density at radius 1 is 1.41 bits per heavy atom. The standard InChI is InChI=1S/C13H15NO3/c1-4-7-14-13(15)9-10-8-11(16-2)5-6-12(10)17-3/h1,5-6,8H,7,9H2,2-3H3,(H,14,15). The van der Waals surface area contributed by atoms with E-state index < -0.39 is 0 Å². The maximum Gasteiger partial charge on any atom is 0.225 e. The van der Waals surface area contributed by atoms with Crippen LogP contribution in [0.5, 0.6) is 11.5 Å². The Bertz CT molecular complexity index is 435. The van der Waals surface area contributed by atoms with E-state index in [1.165, 1.54) is 0 Å². The molecule has 0 spiro atoms. The predicted molar refractivity (Wildman–Crippen MR) is 65.1 cm³/mol. The van der Waals surface area contributed by atoms with Crippen LogP contribution in [-0.2, 0) is 11.2 Å².